The first-order valence-corrected chi connectivity index (χ1v) is 7.29. The van der Waals surface area contributed by atoms with Gasteiger partial charge in [-0.3, -0.25) is 0 Å². The van der Waals surface area contributed by atoms with Gasteiger partial charge in [-0.15, -0.1) is 0 Å². The maximum Gasteiger partial charge on any atom is 0.146 e. The Labute approximate surface area is 127 Å². The van der Waals surface area contributed by atoms with E-state index in [2.05, 4.69) is 56.2 Å². The molecule has 0 bridgehead atoms. The van der Waals surface area contributed by atoms with Gasteiger partial charge in [-0.2, -0.15) is 0 Å². The first kappa shape index (κ1) is 15.6. The average molecular weight is 287 g/mol. The lowest BCUT2D eigenvalue weighted by Crippen LogP contribution is -2.35. The third-order valence-corrected chi connectivity index (χ3v) is 3.37. The fourth-order valence-corrected chi connectivity index (χ4v) is 2.09. The largest absolute Gasteiger partial charge is 0.485 e. The van der Waals surface area contributed by atoms with Gasteiger partial charge in [0.25, 0.3) is 0 Å². The second-order valence-electron chi connectivity index (χ2n) is 6.41. The standard InChI is InChI=1S/C17H25N3O/c1-13-7-6-8-14(11-19-17(2,3)4)16(13)21-12-15-18-9-10-20(15)5/h6-10,19H,11-12H2,1-5H3. The van der Waals surface area contributed by atoms with Crippen molar-refractivity contribution in [2.24, 2.45) is 7.05 Å². The van der Waals surface area contributed by atoms with Gasteiger partial charge in [-0.05, 0) is 33.3 Å². The van der Waals surface area contributed by atoms with Crippen LogP contribution in [0.25, 0.3) is 0 Å². The molecule has 1 aromatic carbocycles. The summed E-state index contributed by atoms with van der Waals surface area (Å²) in [6, 6.07) is 6.26. The number of rotatable bonds is 5. The molecular formula is C17H25N3O. The molecule has 0 amide bonds. The molecule has 0 saturated carbocycles. The molecule has 0 saturated heterocycles. The number of nitrogens with one attached hydrogen (secondary N) is 1. The molecule has 0 aliphatic carbocycles. The van der Waals surface area contributed by atoms with Crippen molar-refractivity contribution in [1.82, 2.24) is 14.9 Å². The molecule has 0 aliphatic rings. The number of nitrogens with zero attached hydrogens (tertiary/aromatic N) is 2. The summed E-state index contributed by atoms with van der Waals surface area (Å²) in [4.78, 5) is 4.30. The van der Waals surface area contributed by atoms with Crippen molar-refractivity contribution in [2.45, 2.75) is 46.4 Å². The predicted molar refractivity (Wildman–Crippen MR) is 85.3 cm³/mol. The number of aromatic nitrogens is 2. The number of para-hydroxylation sites is 1. The van der Waals surface area contributed by atoms with E-state index in [1.54, 1.807) is 6.20 Å². The van der Waals surface area contributed by atoms with Gasteiger partial charge in [0.15, 0.2) is 0 Å². The maximum absolute atomic E-state index is 6.04. The molecule has 1 heterocycles. The molecular weight excluding hydrogens is 262 g/mol. The molecule has 21 heavy (non-hydrogen) atoms. The summed E-state index contributed by atoms with van der Waals surface area (Å²) in [5, 5.41) is 3.51. The Hall–Kier alpha value is -1.81. The third kappa shape index (κ3) is 4.33. The lowest BCUT2D eigenvalue weighted by atomic mass is 10.1. The number of hydrogen-bond acceptors (Lipinski definition) is 3. The molecule has 1 aromatic heterocycles. The number of benzene rings is 1. The topological polar surface area (TPSA) is 39.1 Å². The fraction of sp³-hybridized carbons (Fsp3) is 0.471. The van der Waals surface area contributed by atoms with Crippen molar-refractivity contribution in [3.05, 3.63) is 47.5 Å². The van der Waals surface area contributed by atoms with E-state index in [0.717, 1.165) is 23.7 Å². The zero-order valence-electron chi connectivity index (χ0n) is 13.6. The molecule has 0 radical (unpaired) electrons. The highest BCUT2D eigenvalue weighted by Gasteiger charge is 2.13. The molecule has 4 nitrogen and oxygen atoms in total. The smallest absolute Gasteiger partial charge is 0.146 e. The minimum Gasteiger partial charge on any atom is -0.485 e. The van der Waals surface area contributed by atoms with Crippen LogP contribution in [0, 0.1) is 6.92 Å². The highest BCUT2D eigenvalue weighted by Crippen LogP contribution is 2.24. The van der Waals surface area contributed by atoms with Crippen LogP contribution in [0.5, 0.6) is 5.75 Å². The monoisotopic (exact) mass is 287 g/mol. The van der Waals surface area contributed by atoms with Gasteiger partial charge in [0.1, 0.15) is 18.2 Å². The Bertz CT molecular complexity index is 596. The Kier molecular flexibility index (Phi) is 4.68. The van der Waals surface area contributed by atoms with E-state index in [9.17, 15) is 0 Å². The van der Waals surface area contributed by atoms with Gasteiger partial charge in [0.05, 0.1) is 0 Å². The van der Waals surface area contributed by atoms with Crippen molar-refractivity contribution in [3.8, 4) is 5.75 Å². The average Bonchev–Trinajstić information content (AvgIpc) is 2.80. The SMILES string of the molecule is Cc1cccc(CNC(C)(C)C)c1OCc1nccn1C. The van der Waals surface area contributed by atoms with Crippen LogP contribution in [0.4, 0.5) is 0 Å². The normalized spacial score (nSPS) is 11.7. The van der Waals surface area contributed by atoms with Gasteiger partial charge in [-0.1, -0.05) is 18.2 Å². The molecule has 0 aliphatic heterocycles. The Morgan fingerprint density at radius 3 is 2.67 bits per heavy atom. The zero-order valence-corrected chi connectivity index (χ0v) is 13.6. The molecule has 1 N–H and O–H groups in total. The van der Waals surface area contributed by atoms with Gasteiger partial charge in [0, 0.05) is 37.1 Å². The van der Waals surface area contributed by atoms with Gasteiger partial charge in [-0.25, -0.2) is 4.98 Å². The van der Waals surface area contributed by atoms with Gasteiger partial charge in [0.2, 0.25) is 0 Å². The third-order valence-electron chi connectivity index (χ3n) is 3.37. The molecule has 0 spiro atoms. The summed E-state index contributed by atoms with van der Waals surface area (Å²) in [6.45, 7) is 9.85. The molecule has 0 unspecified atom stereocenters. The van der Waals surface area contributed by atoms with E-state index in [1.165, 1.54) is 5.56 Å². The quantitative estimate of drug-likeness (QED) is 0.918. The van der Waals surface area contributed by atoms with Crippen molar-refractivity contribution >= 4 is 0 Å². The van der Waals surface area contributed by atoms with E-state index in [1.807, 2.05) is 17.8 Å². The van der Waals surface area contributed by atoms with Crippen LogP contribution >= 0.6 is 0 Å². The van der Waals surface area contributed by atoms with Crippen molar-refractivity contribution in [2.75, 3.05) is 0 Å². The maximum atomic E-state index is 6.04. The highest BCUT2D eigenvalue weighted by molar-refractivity contribution is 5.40. The number of hydrogen-bond donors (Lipinski definition) is 1. The van der Waals surface area contributed by atoms with Gasteiger partial charge >= 0.3 is 0 Å². The van der Waals surface area contributed by atoms with Crippen LogP contribution in [-0.4, -0.2) is 15.1 Å². The summed E-state index contributed by atoms with van der Waals surface area (Å²) >= 11 is 0. The van der Waals surface area contributed by atoms with Gasteiger partial charge < -0.3 is 14.6 Å². The Morgan fingerprint density at radius 1 is 1.29 bits per heavy atom. The first-order valence-electron chi connectivity index (χ1n) is 7.29. The molecule has 2 aromatic rings. The second kappa shape index (κ2) is 6.31. The van der Waals surface area contributed by atoms with E-state index in [-0.39, 0.29) is 5.54 Å². The predicted octanol–water partition coefficient (Wildman–Crippen LogP) is 3.20. The van der Waals surface area contributed by atoms with Crippen LogP contribution in [0.1, 0.15) is 37.7 Å². The summed E-state index contributed by atoms with van der Waals surface area (Å²) in [7, 11) is 1.98. The fourth-order valence-electron chi connectivity index (χ4n) is 2.09. The van der Waals surface area contributed by atoms with Crippen LogP contribution in [-0.2, 0) is 20.2 Å². The van der Waals surface area contributed by atoms with Crippen LogP contribution in [0.2, 0.25) is 0 Å². The summed E-state index contributed by atoms with van der Waals surface area (Å²) in [6.07, 6.45) is 3.72. The Morgan fingerprint density at radius 2 is 2.05 bits per heavy atom. The Balaban J connectivity index is 2.12. The van der Waals surface area contributed by atoms with Crippen LogP contribution < -0.4 is 10.1 Å². The molecule has 2 rings (SSSR count). The van der Waals surface area contributed by atoms with E-state index in [0.29, 0.717) is 6.61 Å². The lowest BCUT2D eigenvalue weighted by Gasteiger charge is -2.22. The summed E-state index contributed by atoms with van der Waals surface area (Å²) < 4.78 is 8.01. The van der Waals surface area contributed by atoms with E-state index in [4.69, 9.17) is 4.74 Å². The number of imidazole rings is 1. The lowest BCUT2D eigenvalue weighted by molar-refractivity contribution is 0.284. The van der Waals surface area contributed by atoms with Crippen LogP contribution in [0.3, 0.4) is 0 Å². The van der Waals surface area contributed by atoms with E-state index >= 15 is 0 Å². The number of ether oxygens (including phenoxy) is 1. The molecule has 0 fully saturated rings. The highest BCUT2D eigenvalue weighted by atomic mass is 16.5. The molecule has 114 valence electrons. The molecule has 4 heteroatoms. The molecule has 0 atom stereocenters. The second-order valence-corrected chi connectivity index (χ2v) is 6.41. The first-order chi connectivity index (χ1) is 9.87. The van der Waals surface area contributed by atoms with Crippen molar-refractivity contribution in [3.63, 3.8) is 0 Å². The summed E-state index contributed by atoms with van der Waals surface area (Å²) in [5.74, 6) is 1.88. The number of aryl methyl sites for hydroxylation is 2. The van der Waals surface area contributed by atoms with Crippen LogP contribution in [0.15, 0.2) is 30.6 Å². The van der Waals surface area contributed by atoms with E-state index < -0.39 is 0 Å². The minimum absolute atomic E-state index is 0.0840. The van der Waals surface area contributed by atoms with Crippen molar-refractivity contribution in [1.29, 1.82) is 0 Å². The minimum atomic E-state index is 0.0840. The summed E-state index contributed by atoms with van der Waals surface area (Å²) in [5.41, 5.74) is 2.41. The van der Waals surface area contributed by atoms with Crippen molar-refractivity contribution < 1.29 is 4.74 Å². The zero-order chi connectivity index (χ0) is 15.5.